The molecule has 0 aliphatic carbocycles. The summed E-state index contributed by atoms with van der Waals surface area (Å²) in [5.41, 5.74) is 0.499. The molecule has 132 valence electrons. The number of nitrogens with zero attached hydrogens (tertiary/aromatic N) is 5. The van der Waals surface area contributed by atoms with Crippen LogP contribution in [0.4, 0.5) is 0 Å². The second-order valence-electron chi connectivity index (χ2n) is 5.98. The monoisotopic (exact) mass is 343 g/mol. The van der Waals surface area contributed by atoms with Gasteiger partial charge in [0.05, 0.1) is 12.1 Å². The third-order valence-electron chi connectivity index (χ3n) is 4.25. The highest BCUT2D eigenvalue weighted by molar-refractivity contribution is 5.94. The molecule has 2 amide bonds. The fourth-order valence-electron chi connectivity index (χ4n) is 2.99. The van der Waals surface area contributed by atoms with Gasteiger partial charge < -0.3 is 14.3 Å². The minimum absolute atomic E-state index is 0.0527. The van der Waals surface area contributed by atoms with Crippen molar-refractivity contribution in [2.45, 2.75) is 32.7 Å². The van der Waals surface area contributed by atoms with E-state index < -0.39 is 6.04 Å². The Morgan fingerprint density at radius 1 is 1.36 bits per heavy atom. The Hall–Kier alpha value is -2.77. The van der Waals surface area contributed by atoms with E-state index in [2.05, 4.69) is 15.1 Å². The Kier molecular flexibility index (Phi) is 5.06. The standard InChI is InChI=1S/C17H21N5O3/c1-3-15(23)21-8-5-9-22(17(24)13-6-4-7-18-10-13)14(11-21)16-19-12(2)20-25-16/h4,6-7,10,14H,3,5,8-9,11H2,1-2H3. The number of aryl methyl sites for hydroxylation is 1. The van der Waals surface area contributed by atoms with Crippen LogP contribution in [0.3, 0.4) is 0 Å². The lowest BCUT2D eigenvalue weighted by atomic mass is 10.1. The SMILES string of the molecule is CCC(=O)N1CCCN(C(=O)c2cccnc2)C(c2nc(C)no2)C1. The Morgan fingerprint density at radius 3 is 2.84 bits per heavy atom. The fraction of sp³-hybridized carbons (Fsp3) is 0.471. The van der Waals surface area contributed by atoms with Crippen LogP contribution in [0.1, 0.15) is 47.9 Å². The number of carbonyl (C=O) groups is 2. The van der Waals surface area contributed by atoms with Crippen molar-refractivity contribution in [3.63, 3.8) is 0 Å². The average Bonchev–Trinajstić information content (AvgIpc) is 2.95. The van der Waals surface area contributed by atoms with Crippen molar-refractivity contribution in [2.75, 3.05) is 19.6 Å². The first-order chi connectivity index (χ1) is 12.1. The number of aromatic nitrogens is 3. The number of pyridine rings is 1. The van der Waals surface area contributed by atoms with Crippen LogP contribution >= 0.6 is 0 Å². The average molecular weight is 343 g/mol. The molecular formula is C17H21N5O3. The van der Waals surface area contributed by atoms with E-state index >= 15 is 0 Å². The molecule has 1 unspecified atom stereocenters. The molecule has 1 fully saturated rings. The van der Waals surface area contributed by atoms with E-state index in [4.69, 9.17) is 4.52 Å². The zero-order valence-corrected chi connectivity index (χ0v) is 14.4. The first-order valence-corrected chi connectivity index (χ1v) is 8.39. The zero-order chi connectivity index (χ0) is 17.8. The summed E-state index contributed by atoms with van der Waals surface area (Å²) in [5, 5.41) is 3.84. The van der Waals surface area contributed by atoms with Gasteiger partial charge in [0.15, 0.2) is 5.82 Å². The molecule has 8 nitrogen and oxygen atoms in total. The van der Waals surface area contributed by atoms with E-state index in [1.165, 1.54) is 6.20 Å². The van der Waals surface area contributed by atoms with Gasteiger partial charge in [-0.3, -0.25) is 14.6 Å². The number of hydrogen-bond acceptors (Lipinski definition) is 6. The number of rotatable bonds is 3. The summed E-state index contributed by atoms with van der Waals surface area (Å²) in [7, 11) is 0. The van der Waals surface area contributed by atoms with Gasteiger partial charge in [0.25, 0.3) is 11.8 Å². The highest BCUT2D eigenvalue weighted by Gasteiger charge is 2.35. The lowest BCUT2D eigenvalue weighted by molar-refractivity contribution is -0.131. The molecule has 3 heterocycles. The molecule has 8 heteroatoms. The van der Waals surface area contributed by atoms with Crippen molar-refractivity contribution in [3.8, 4) is 0 Å². The normalized spacial score (nSPS) is 18.1. The third-order valence-corrected chi connectivity index (χ3v) is 4.25. The molecular weight excluding hydrogens is 322 g/mol. The van der Waals surface area contributed by atoms with Crippen LogP contribution in [0.15, 0.2) is 29.0 Å². The molecule has 0 bridgehead atoms. The molecule has 1 aliphatic heterocycles. The summed E-state index contributed by atoms with van der Waals surface area (Å²) < 4.78 is 5.33. The predicted octanol–water partition coefficient (Wildman–Crippen LogP) is 1.60. The van der Waals surface area contributed by atoms with E-state index in [9.17, 15) is 9.59 Å². The molecule has 2 aromatic heterocycles. The lowest BCUT2D eigenvalue weighted by Crippen LogP contribution is -2.40. The second-order valence-corrected chi connectivity index (χ2v) is 5.98. The Labute approximate surface area is 145 Å². The van der Waals surface area contributed by atoms with Gasteiger partial charge in [-0.25, -0.2) is 0 Å². The molecule has 3 rings (SSSR count). The smallest absolute Gasteiger partial charge is 0.256 e. The molecule has 0 radical (unpaired) electrons. The van der Waals surface area contributed by atoms with Crippen LogP contribution in [-0.4, -0.2) is 56.4 Å². The number of hydrogen-bond donors (Lipinski definition) is 0. The van der Waals surface area contributed by atoms with Gasteiger partial charge >= 0.3 is 0 Å². The summed E-state index contributed by atoms with van der Waals surface area (Å²) >= 11 is 0. The number of carbonyl (C=O) groups excluding carboxylic acids is 2. The minimum atomic E-state index is -0.466. The van der Waals surface area contributed by atoms with Crippen molar-refractivity contribution in [2.24, 2.45) is 0 Å². The molecule has 0 aromatic carbocycles. The maximum atomic E-state index is 13.0. The zero-order valence-electron chi connectivity index (χ0n) is 14.4. The van der Waals surface area contributed by atoms with Crippen LogP contribution in [0, 0.1) is 6.92 Å². The lowest BCUT2D eigenvalue weighted by Gasteiger charge is -2.29. The largest absolute Gasteiger partial charge is 0.340 e. The molecule has 0 N–H and O–H groups in total. The molecule has 25 heavy (non-hydrogen) atoms. The summed E-state index contributed by atoms with van der Waals surface area (Å²) in [6.45, 7) is 5.02. The summed E-state index contributed by atoms with van der Waals surface area (Å²) in [6.07, 6.45) is 4.28. The quantitative estimate of drug-likeness (QED) is 0.840. The van der Waals surface area contributed by atoms with Crippen molar-refractivity contribution >= 4 is 11.8 Å². The van der Waals surface area contributed by atoms with Crippen LogP contribution < -0.4 is 0 Å². The maximum Gasteiger partial charge on any atom is 0.256 e. The van der Waals surface area contributed by atoms with Crippen molar-refractivity contribution in [1.82, 2.24) is 24.9 Å². The van der Waals surface area contributed by atoms with Gasteiger partial charge in [-0.1, -0.05) is 12.1 Å². The van der Waals surface area contributed by atoms with Crippen molar-refractivity contribution in [3.05, 3.63) is 41.8 Å². The van der Waals surface area contributed by atoms with Crippen LogP contribution in [0.5, 0.6) is 0 Å². The molecule has 0 spiro atoms. The van der Waals surface area contributed by atoms with Crippen molar-refractivity contribution < 1.29 is 14.1 Å². The first kappa shape index (κ1) is 17.1. The molecule has 1 saturated heterocycles. The Balaban J connectivity index is 1.93. The topological polar surface area (TPSA) is 92.4 Å². The Bertz CT molecular complexity index is 746. The van der Waals surface area contributed by atoms with Crippen LogP contribution in [0.2, 0.25) is 0 Å². The van der Waals surface area contributed by atoms with Crippen LogP contribution in [0.25, 0.3) is 0 Å². The van der Waals surface area contributed by atoms with E-state index in [1.807, 2.05) is 6.92 Å². The molecule has 1 atom stereocenters. The Morgan fingerprint density at radius 2 is 2.20 bits per heavy atom. The summed E-state index contributed by atoms with van der Waals surface area (Å²) in [5.74, 6) is 0.753. The minimum Gasteiger partial charge on any atom is -0.340 e. The maximum absolute atomic E-state index is 13.0. The highest BCUT2D eigenvalue weighted by Crippen LogP contribution is 2.26. The van der Waals surface area contributed by atoms with Crippen molar-refractivity contribution in [1.29, 1.82) is 0 Å². The van der Waals surface area contributed by atoms with Gasteiger partial charge in [0, 0.05) is 31.9 Å². The fourth-order valence-corrected chi connectivity index (χ4v) is 2.99. The van der Waals surface area contributed by atoms with E-state index in [0.29, 0.717) is 49.8 Å². The van der Waals surface area contributed by atoms with Gasteiger partial charge in [0.2, 0.25) is 5.91 Å². The van der Waals surface area contributed by atoms with Crippen LogP contribution in [-0.2, 0) is 4.79 Å². The van der Waals surface area contributed by atoms with Gasteiger partial charge in [0.1, 0.15) is 6.04 Å². The van der Waals surface area contributed by atoms with E-state index in [1.54, 1.807) is 35.1 Å². The predicted molar refractivity (Wildman–Crippen MR) is 88.5 cm³/mol. The van der Waals surface area contributed by atoms with E-state index in [0.717, 1.165) is 0 Å². The molecule has 1 aliphatic rings. The van der Waals surface area contributed by atoms with Gasteiger partial charge in [-0.15, -0.1) is 0 Å². The van der Waals surface area contributed by atoms with Gasteiger partial charge in [-0.2, -0.15) is 4.98 Å². The third kappa shape index (κ3) is 3.67. The first-order valence-electron chi connectivity index (χ1n) is 8.39. The van der Waals surface area contributed by atoms with E-state index in [-0.39, 0.29) is 11.8 Å². The second kappa shape index (κ2) is 7.42. The summed E-state index contributed by atoms with van der Waals surface area (Å²) in [4.78, 5) is 37.0. The molecule has 2 aromatic rings. The highest BCUT2D eigenvalue weighted by atomic mass is 16.5. The number of amides is 2. The summed E-state index contributed by atoms with van der Waals surface area (Å²) in [6, 6.07) is 2.99. The van der Waals surface area contributed by atoms with Gasteiger partial charge in [-0.05, 0) is 25.5 Å². The molecule has 0 saturated carbocycles.